The van der Waals surface area contributed by atoms with E-state index in [9.17, 15) is 4.79 Å². The number of hydrogen-bond acceptors (Lipinski definition) is 2. The van der Waals surface area contributed by atoms with Gasteiger partial charge in [-0.1, -0.05) is 51.0 Å². The summed E-state index contributed by atoms with van der Waals surface area (Å²) >= 11 is 0. The van der Waals surface area contributed by atoms with E-state index in [0.29, 0.717) is 0 Å². The minimum absolute atomic E-state index is 0.0406. The zero-order valence-corrected chi connectivity index (χ0v) is 10.6. The summed E-state index contributed by atoms with van der Waals surface area (Å²) < 4.78 is 4.82. The van der Waals surface area contributed by atoms with Gasteiger partial charge in [0, 0.05) is 0 Å². The Morgan fingerprint density at radius 1 is 1.29 bits per heavy atom. The Kier molecular flexibility index (Phi) is 4.34. The summed E-state index contributed by atoms with van der Waals surface area (Å²) in [4.78, 5) is 11.3. The second kappa shape index (κ2) is 5.54. The molecule has 0 aliphatic rings. The van der Waals surface area contributed by atoms with Gasteiger partial charge in [-0.05, 0) is 16.5 Å². The number of esters is 1. The van der Waals surface area contributed by atoms with Crippen LogP contribution in [-0.4, -0.2) is 12.6 Å². The number of carbonyl (C=O) groups is 1. The zero-order valence-electron chi connectivity index (χ0n) is 10.6. The van der Waals surface area contributed by atoms with E-state index in [2.05, 4.69) is 26.7 Å². The van der Waals surface area contributed by atoms with E-state index < -0.39 is 0 Å². The molecule has 0 unspecified atom stereocenters. The van der Waals surface area contributed by atoms with Crippen molar-refractivity contribution in [1.82, 2.24) is 0 Å². The highest BCUT2D eigenvalue weighted by Gasteiger charge is 2.13. The Balaban J connectivity index is 2.63. The standard InChI is InChI=1S/C15H18O2/c1-5-10-17-14(16)11-12-6-8-13(9-7-12)15(2,3)4/h1,6-9H,10-11H2,2-4H3. The first-order valence-corrected chi connectivity index (χ1v) is 5.62. The Labute approximate surface area is 103 Å². The summed E-state index contributed by atoms with van der Waals surface area (Å²) in [5, 5.41) is 0. The van der Waals surface area contributed by atoms with Gasteiger partial charge in [0.1, 0.15) is 0 Å². The molecule has 0 amide bonds. The third-order valence-electron chi connectivity index (χ3n) is 2.48. The molecule has 0 aliphatic carbocycles. The molecule has 0 heterocycles. The van der Waals surface area contributed by atoms with E-state index in [1.165, 1.54) is 5.56 Å². The van der Waals surface area contributed by atoms with Crippen molar-refractivity contribution in [1.29, 1.82) is 0 Å². The van der Waals surface area contributed by atoms with E-state index in [1.54, 1.807) is 0 Å². The molecule has 2 heteroatoms. The average molecular weight is 230 g/mol. The van der Waals surface area contributed by atoms with Crippen LogP contribution in [0.25, 0.3) is 0 Å². The SMILES string of the molecule is C#CCOC(=O)Cc1ccc(C(C)(C)C)cc1. The summed E-state index contributed by atoms with van der Waals surface area (Å²) in [6.45, 7) is 6.51. The molecule has 90 valence electrons. The van der Waals surface area contributed by atoms with Crippen LogP contribution in [0.2, 0.25) is 0 Å². The minimum Gasteiger partial charge on any atom is -0.452 e. The summed E-state index contributed by atoms with van der Waals surface area (Å²) in [6.07, 6.45) is 5.28. The normalized spacial score (nSPS) is 10.7. The first-order chi connectivity index (χ1) is 7.93. The summed E-state index contributed by atoms with van der Waals surface area (Å²) in [5.74, 6) is 1.98. The quantitative estimate of drug-likeness (QED) is 0.589. The molecule has 0 radical (unpaired) electrons. The maximum atomic E-state index is 11.3. The van der Waals surface area contributed by atoms with Crippen LogP contribution in [0.1, 0.15) is 31.9 Å². The van der Waals surface area contributed by atoms with Gasteiger partial charge in [0.2, 0.25) is 0 Å². The van der Waals surface area contributed by atoms with Crippen LogP contribution in [0.5, 0.6) is 0 Å². The molecule has 0 spiro atoms. The molecule has 0 aliphatic heterocycles. The van der Waals surface area contributed by atoms with Gasteiger partial charge in [0.15, 0.2) is 6.61 Å². The Bertz CT molecular complexity index is 416. The van der Waals surface area contributed by atoms with Crippen molar-refractivity contribution in [3.63, 3.8) is 0 Å². The lowest BCUT2D eigenvalue weighted by Gasteiger charge is -2.19. The molecule has 17 heavy (non-hydrogen) atoms. The van der Waals surface area contributed by atoms with Gasteiger partial charge in [-0.25, -0.2) is 0 Å². The fourth-order valence-corrected chi connectivity index (χ4v) is 1.46. The smallest absolute Gasteiger partial charge is 0.311 e. The lowest BCUT2D eigenvalue weighted by atomic mass is 9.86. The maximum Gasteiger partial charge on any atom is 0.311 e. The highest BCUT2D eigenvalue weighted by Crippen LogP contribution is 2.22. The van der Waals surface area contributed by atoms with Crippen molar-refractivity contribution < 1.29 is 9.53 Å². The highest BCUT2D eigenvalue weighted by molar-refractivity contribution is 5.72. The Morgan fingerprint density at radius 3 is 2.35 bits per heavy atom. The van der Waals surface area contributed by atoms with Crippen LogP contribution < -0.4 is 0 Å². The van der Waals surface area contributed by atoms with E-state index in [1.807, 2.05) is 24.3 Å². The van der Waals surface area contributed by atoms with Gasteiger partial charge in [-0.2, -0.15) is 0 Å². The highest BCUT2D eigenvalue weighted by atomic mass is 16.5. The summed E-state index contributed by atoms with van der Waals surface area (Å²) in [6, 6.07) is 8.00. The van der Waals surface area contributed by atoms with Crippen molar-refractivity contribution in [3.8, 4) is 12.3 Å². The molecule has 0 saturated heterocycles. The van der Waals surface area contributed by atoms with Gasteiger partial charge in [0.05, 0.1) is 6.42 Å². The predicted octanol–water partition coefficient (Wildman–Crippen LogP) is 2.70. The molecule has 2 nitrogen and oxygen atoms in total. The maximum absolute atomic E-state index is 11.3. The largest absolute Gasteiger partial charge is 0.452 e. The van der Waals surface area contributed by atoms with Crippen molar-refractivity contribution in [3.05, 3.63) is 35.4 Å². The molecule has 0 N–H and O–H groups in total. The number of benzene rings is 1. The lowest BCUT2D eigenvalue weighted by Crippen LogP contribution is -2.12. The molecule has 0 atom stereocenters. The molecular weight excluding hydrogens is 212 g/mol. The topological polar surface area (TPSA) is 26.3 Å². The van der Waals surface area contributed by atoms with Crippen molar-refractivity contribution in [2.75, 3.05) is 6.61 Å². The first-order valence-electron chi connectivity index (χ1n) is 5.62. The van der Waals surface area contributed by atoms with Gasteiger partial charge >= 0.3 is 5.97 Å². The van der Waals surface area contributed by atoms with E-state index in [0.717, 1.165) is 5.56 Å². The molecule has 0 saturated carbocycles. The van der Waals surface area contributed by atoms with Crippen LogP contribution in [-0.2, 0) is 21.4 Å². The number of carbonyl (C=O) groups excluding carboxylic acids is 1. The molecule has 0 bridgehead atoms. The van der Waals surface area contributed by atoms with Gasteiger partial charge in [-0.15, -0.1) is 6.42 Å². The third kappa shape index (κ3) is 4.32. The van der Waals surface area contributed by atoms with E-state index in [4.69, 9.17) is 11.2 Å². The van der Waals surface area contributed by atoms with Gasteiger partial charge < -0.3 is 4.74 Å². The molecule has 0 aromatic heterocycles. The lowest BCUT2D eigenvalue weighted by molar-refractivity contribution is -0.141. The number of ether oxygens (including phenoxy) is 1. The number of rotatable bonds is 3. The Morgan fingerprint density at radius 2 is 1.88 bits per heavy atom. The van der Waals surface area contributed by atoms with Crippen LogP contribution >= 0.6 is 0 Å². The third-order valence-corrected chi connectivity index (χ3v) is 2.48. The summed E-state index contributed by atoms with van der Waals surface area (Å²) in [5.41, 5.74) is 2.32. The van der Waals surface area contributed by atoms with Crippen molar-refractivity contribution >= 4 is 5.97 Å². The second-order valence-electron chi connectivity index (χ2n) is 4.99. The molecule has 1 rings (SSSR count). The fraction of sp³-hybridized carbons (Fsp3) is 0.400. The first kappa shape index (κ1) is 13.3. The number of hydrogen-bond donors (Lipinski definition) is 0. The van der Waals surface area contributed by atoms with Crippen LogP contribution in [0.3, 0.4) is 0 Å². The fourth-order valence-electron chi connectivity index (χ4n) is 1.46. The minimum atomic E-state index is -0.286. The molecule has 1 aromatic carbocycles. The monoisotopic (exact) mass is 230 g/mol. The number of terminal acetylenes is 1. The van der Waals surface area contributed by atoms with Gasteiger partial charge in [-0.3, -0.25) is 4.79 Å². The van der Waals surface area contributed by atoms with E-state index >= 15 is 0 Å². The molecule has 1 aromatic rings. The van der Waals surface area contributed by atoms with Gasteiger partial charge in [0.25, 0.3) is 0 Å². The zero-order chi connectivity index (χ0) is 12.9. The average Bonchev–Trinajstić information content (AvgIpc) is 2.26. The van der Waals surface area contributed by atoms with Crippen LogP contribution in [0, 0.1) is 12.3 Å². The van der Waals surface area contributed by atoms with Crippen molar-refractivity contribution in [2.24, 2.45) is 0 Å². The second-order valence-corrected chi connectivity index (χ2v) is 4.99. The van der Waals surface area contributed by atoms with E-state index in [-0.39, 0.29) is 24.4 Å². The summed E-state index contributed by atoms with van der Waals surface area (Å²) in [7, 11) is 0. The predicted molar refractivity (Wildman–Crippen MR) is 68.6 cm³/mol. The Hall–Kier alpha value is -1.75. The molecular formula is C15H18O2. The van der Waals surface area contributed by atoms with Crippen LogP contribution in [0.15, 0.2) is 24.3 Å². The van der Waals surface area contributed by atoms with Crippen molar-refractivity contribution in [2.45, 2.75) is 32.6 Å². The molecule has 0 fully saturated rings. The van der Waals surface area contributed by atoms with Crippen LogP contribution in [0.4, 0.5) is 0 Å².